The predicted octanol–water partition coefficient (Wildman–Crippen LogP) is 2.75. The van der Waals surface area contributed by atoms with Gasteiger partial charge in [-0.1, -0.05) is 60.7 Å². The molecule has 2 rings (SSSR count). The standard InChI is InChI=1S/C16H17NOSi/c1-19(2,15-6-4-3-5-7-15)16(18)14-10-8-13(12-17)9-11-14/h3-11,16,18H,1-2H3/t16-/m0/s1. The van der Waals surface area contributed by atoms with Crippen LogP contribution in [0.5, 0.6) is 0 Å². The van der Waals surface area contributed by atoms with Gasteiger partial charge < -0.3 is 5.11 Å². The molecule has 0 heterocycles. The van der Waals surface area contributed by atoms with E-state index in [0.717, 1.165) is 5.56 Å². The molecule has 1 atom stereocenters. The predicted molar refractivity (Wildman–Crippen MR) is 79.7 cm³/mol. The van der Waals surface area contributed by atoms with Crippen LogP contribution >= 0.6 is 0 Å². The Labute approximate surface area is 115 Å². The van der Waals surface area contributed by atoms with Gasteiger partial charge in [-0.15, -0.1) is 0 Å². The molecule has 2 nitrogen and oxygen atoms in total. The van der Waals surface area contributed by atoms with Gasteiger partial charge in [0.05, 0.1) is 17.4 Å². The van der Waals surface area contributed by atoms with Crippen molar-refractivity contribution in [1.82, 2.24) is 0 Å². The Morgan fingerprint density at radius 3 is 2.11 bits per heavy atom. The molecule has 0 amide bonds. The Bertz CT molecular complexity index is 584. The lowest BCUT2D eigenvalue weighted by Crippen LogP contribution is -2.47. The first-order valence-electron chi connectivity index (χ1n) is 6.29. The fourth-order valence-corrected chi connectivity index (χ4v) is 4.58. The number of hydrogen-bond donors (Lipinski definition) is 1. The quantitative estimate of drug-likeness (QED) is 0.869. The largest absolute Gasteiger partial charge is 0.392 e. The van der Waals surface area contributed by atoms with Crippen LogP contribution in [-0.4, -0.2) is 13.2 Å². The minimum Gasteiger partial charge on any atom is -0.392 e. The van der Waals surface area contributed by atoms with Crippen molar-refractivity contribution in [3.63, 3.8) is 0 Å². The highest BCUT2D eigenvalue weighted by Crippen LogP contribution is 2.24. The Morgan fingerprint density at radius 2 is 1.58 bits per heavy atom. The number of aliphatic hydroxyl groups excluding tert-OH is 1. The highest BCUT2D eigenvalue weighted by atomic mass is 28.3. The first kappa shape index (κ1) is 13.5. The summed E-state index contributed by atoms with van der Waals surface area (Å²) in [6.45, 7) is 4.32. The van der Waals surface area contributed by atoms with Gasteiger partial charge in [-0.05, 0) is 17.7 Å². The van der Waals surface area contributed by atoms with Crippen LogP contribution in [0.2, 0.25) is 13.1 Å². The molecule has 0 aliphatic carbocycles. The smallest absolute Gasteiger partial charge is 0.118 e. The molecule has 0 aliphatic rings. The molecule has 1 N–H and O–H groups in total. The fourth-order valence-electron chi connectivity index (χ4n) is 2.18. The van der Waals surface area contributed by atoms with E-state index in [2.05, 4.69) is 31.3 Å². The third-order valence-electron chi connectivity index (χ3n) is 3.56. The number of benzene rings is 2. The molecule has 19 heavy (non-hydrogen) atoms. The van der Waals surface area contributed by atoms with Crippen molar-refractivity contribution in [2.24, 2.45) is 0 Å². The van der Waals surface area contributed by atoms with E-state index in [1.165, 1.54) is 5.19 Å². The van der Waals surface area contributed by atoms with Crippen molar-refractivity contribution in [2.75, 3.05) is 0 Å². The average molecular weight is 267 g/mol. The first-order chi connectivity index (χ1) is 9.05. The van der Waals surface area contributed by atoms with Crippen LogP contribution in [0.15, 0.2) is 54.6 Å². The number of nitrogens with zero attached hydrogens (tertiary/aromatic N) is 1. The number of nitriles is 1. The van der Waals surface area contributed by atoms with Crippen molar-refractivity contribution in [3.8, 4) is 6.07 Å². The van der Waals surface area contributed by atoms with Gasteiger partial charge in [0, 0.05) is 0 Å². The normalized spacial score (nSPS) is 12.7. The summed E-state index contributed by atoms with van der Waals surface area (Å²) in [6, 6.07) is 19.5. The summed E-state index contributed by atoms with van der Waals surface area (Å²) in [5, 5.41) is 20.7. The van der Waals surface area contributed by atoms with Crippen LogP contribution in [0.25, 0.3) is 0 Å². The van der Waals surface area contributed by atoms with Crippen LogP contribution in [-0.2, 0) is 0 Å². The van der Waals surface area contributed by atoms with Crippen molar-refractivity contribution < 1.29 is 5.11 Å². The Morgan fingerprint density at radius 1 is 1.00 bits per heavy atom. The molecular weight excluding hydrogens is 250 g/mol. The van der Waals surface area contributed by atoms with Crippen LogP contribution in [0.3, 0.4) is 0 Å². The van der Waals surface area contributed by atoms with E-state index in [4.69, 9.17) is 5.26 Å². The highest BCUT2D eigenvalue weighted by molar-refractivity contribution is 6.90. The van der Waals surface area contributed by atoms with Crippen molar-refractivity contribution in [1.29, 1.82) is 5.26 Å². The zero-order valence-corrected chi connectivity index (χ0v) is 12.2. The summed E-state index contributed by atoms with van der Waals surface area (Å²) in [4.78, 5) is 0. The van der Waals surface area contributed by atoms with Crippen LogP contribution in [0, 0.1) is 11.3 Å². The minimum atomic E-state index is -1.98. The monoisotopic (exact) mass is 267 g/mol. The zero-order valence-electron chi connectivity index (χ0n) is 11.2. The maximum Gasteiger partial charge on any atom is 0.118 e. The van der Waals surface area contributed by atoms with Crippen LogP contribution in [0.4, 0.5) is 0 Å². The van der Waals surface area contributed by atoms with Gasteiger partial charge in [0.25, 0.3) is 0 Å². The lowest BCUT2D eigenvalue weighted by atomic mass is 10.1. The molecule has 0 aromatic heterocycles. The Hall–Kier alpha value is -1.89. The maximum absolute atomic E-state index is 10.6. The van der Waals surface area contributed by atoms with Crippen LogP contribution in [0.1, 0.15) is 16.9 Å². The number of aliphatic hydroxyl groups is 1. The van der Waals surface area contributed by atoms with E-state index in [9.17, 15) is 5.11 Å². The second kappa shape index (κ2) is 5.39. The molecule has 96 valence electrons. The van der Waals surface area contributed by atoms with Gasteiger partial charge in [-0.25, -0.2) is 0 Å². The first-order valence-corrected chi connectivity index (χ1v) is 9.37. The summed E-state index contributed by atoms with van der Waals surface area (Å²) in [5.74, 6) is 0. The van der Waals surface area contributed by atoms with E-state index in [1.807, 2.05) is 30.3 Å². The van der Waals surface area contributed by atoms with Gasteiger partial charge in [-0.3, -0.25) is 0 Å². The average Bonchev–Trinajstić information content (AvgIpc) is 2.47. The number of rotatable bonds is 3. The summed E-state index contributed by atoms with van der Waals surface area (Å²) < 4.78 is 0. The Kier molecular flexibility index (Phi) is 3.84. The summed E-state index contributed by atoms with van der Waals surface area (Å²) in [6.07, 6.45) is 0. The molecule has 0 radical (unpaired) electrons. The van der Waals surface area contributed by atoms with E-state index in [1.54, 1.807) is 12.1 Å². The SMILES string of the molecule is C[Si](C)(c1ccccc1)[C@H](O)c1ccc(C#N)cc1. The van der Waals surface area contributed by atoms with Crippen molar-refractivity contribution >= 4 is 13.3 Å². The van der Waals surface area contributed by atoms with Gasteiger partial charge in [0.2, 0.25) is 0 Å². The molecule has 0 spiro atoms. The lowest BCUT2D eigenvalue weighted by Gasteiger charge is -2.29. The molecule has 3 heteroatoms. The molecule has 2 aromatic carbocycles. The lowest BCUT2D eigenvalue weighted by molar-refractivity contribution is 0.251. The molecule has 0 saturated heterocycles. The van der Waals surface area contributed by atoms with Crippen molar-refractivity contribution in [2.45, 2.75) is 18.8 Å². The molecular formula is C16H17NOSi. The maximum atomic E-state index is 10.6. The van der Waals surface area contributed by atoms with Gasteiger partial charge in [0.1, 0.15) is 8.07 Å². The van der Waals surface area contributed by atoms with Gasteiger partial charge in [0.15, 0.2) is 0 Å². The summed E-state index contributed by atoms with van der Waals surface area (Å²) >= 11 is 0. The Balaban J connectivity index is 2.32. The fraction of sp³-hybridized carbons (Fsp3) is 0.188. The topological polar surface area (TPSA) is 44.0 Å². The van der Waals surface area contributed by atoms with E-state index in [-0.39, 0.29) is 0 Å². The van der Waals surface area contributed by atoms with Gasteiger partial charge in [-0.2, -0.15) is 5.26 Å². The summed E-state index contributed by atoms with van der Waals surface area (Å²) in [7, 11) is -1.98. The van der Waals surface area contributed by atoms with E-state index in [0.29, 0.717) is 5.56 Å². The van der Waals surface area contributed by atoms with Gasteiger partial charge >= 0.3 is 0 Å². The van der Waals surface area contributed by atoms with Crippen molar-refractivity contribution in [3.05, 3.63) is 65.7 Å². The van der Waals surface area contributed by atoms with E-state index < -0.39 is 13.8 Å². The molecule has 0 bridgehead atoms. The zero-order chi connectivity index (χ0) is 13.9. The third-order valence-corrected chi connectivity index (χ3v) is 7.08. The second-order valence-corrected chi connectivity index (χ2v) is 9.79. The molecule has 2 aromatic rings. The van der Waals surface area contributed by atoms with Crippen LogP contribution < -0.4 is 5.19 Å². The molecule has 0 saturated carbocycles. The number of hydrogen-bond acceptors (Lipinski definition) is 2. The highest BCUT2D eigenvalue weighted by Gasteiger charge is 2.33. The molecule has 0 fully saturated rings. The van der Waals surface area contributed by atoms with E-state index >= 15 is 0 Å². The molecule has 0 aliphatic heterocycles. The second-order valence-electron chi connectivity index (χ2n) is 5.22. The summed E-state index contributed by atoms with van der Waals surface area (Å²) in [5.41, 5.74) is 1.04. The molecule has 0 unspecified atom stereocenters. The third kappa shape index (κ3) is 2.76. The minimum absolute atomic E-state index is 0.470.